The van der Waals surface area contributed by atoms with Crippen LogP contribution < -0.4 is 11.1 Å². The molecule has 0 saturated carbocycles. The van der Waals surface area contributed by atoms with Gasteiger partial charge in [0.25, 0.3) is 0 Å². The molecule has 6 N–H and O–H groups in total. The van der Waals surface area contributed by atoms with Crippen LogP contribution in [0.15, 0.2) is 6.33 Å². The van der Waals surface area contributed by atoms with Crippen LogP contribution in [0.5, 0.6) is 0 Å². The van der Waals surface area contributed by atoms with E-state index in [1.54, 1.807) is 0 Å². The molecule has 0 unspecified atom stereocenters. The molecule has 0 bridgehead atoms. The predicted octanol–water partition coefficient (Wildman–Crippen LogP) is -0.690. The number of nitrogens with two attached hydrogens (primary N) is 1. The molecule has 1 aromatic rings. The van der Waals surface area contributed by atoms with Gasteiger partial charge in [0.2, 0.25) is 0 Å². The van der Waals surface area contributed by atoms with E-state index in [1.165, 1.54) is 6.33 Å². The number of hydrogen-bond acceptors (Lipinski definition) is 7. The number of aliphatic hydroxyl groups excluding tert-OH is 3. The summed E-state index contributed by atoms with van der Waals surface area (Å²) in [4.78, 5) is 7.96. The molecular weight excluding hydrogens is 236 g/mol. The predicted molar refractivity (Wildman–Crippen MR) is 68.1 cm³/mol. The molecule has 1 heterocycles. The molecule has 7 heteroatoms. The van der Waals surface area contributed by atoms with Gasteiger partial charge in [0, 0.05) is 5.56 Å². The number of nitrogens with one attached hydrogen (secondary N) is 1. The van der Waals surface area contributed by atoms with Gasteiger partial charge in [-0.1, -0.05) is 13.8 Å². The second kappa shape index (κ2) is 5.94. The zero-order valence-corrected chi connectivity index (χ0v) is 10.6. The number of hydrogen-bond donors (Lipinski definition) is 5. The molecule has 18 heavy (non-hydrogen) atoms. The van der Waals surface area contributed by atoms with Crippen molar-refractivity contribution in [2.45, 2.75) is 25.3 Å². The first kappa shape index (κ1) is 14.6. The molecule has 0 radical (unpaired) electrons. The monoisotopic (exact) mass is 256 g/mol. The molecule has 0 aliphatic carbocycles. The molecule has 0 atom stereocenters. The Hall–Kier alpha value is -1.44. The van der Waals surface area contributed by atoms with E-state index in [-0.39, 0.29) is 5.92 Å². The van der Waals surface area contributed by atoms with E-state index in [0.29, 0.717) is 17.2 Å². The summed E-state index contributed by atoms with van der Waals surface area (Å²) < 4.78 is 0. The average molecular weight is 256 g/mol. The van der Waals surface area contributed by atoms with Crippen molar-refractivity contribution in [1.82, 2.24) is 9.97 Å². The standard InChI is InChI=1S/C11H20N4O3/c1-7(2)8-9(12)13-6-14-10(8)15-11(3-16,4-17)5-18/h6-7,16-18H,3-5H2,1-2H3,(H3,12,13,14,15). The van der Waals surface area contributed by atoms with E-state index in [0.717, 1.165) is 0 Å². The summed E-state index contributed by atoms with van der Waals surface area (Å²) in [5.41, 5.74) is 5.25. The van der Waals surface area contributed by atoms with Crippen molar-refractivity contribution in [3.8, 4) is 0 Å². The minimum absolute atomic E-state index is 0.0717. The molecule has 0 amide bonds. The number of aromatic nitrogens is 2. The van der Waals surface area contributed by atoms with Crippen molar-refractivity contribution < 1.29 is 15.3 Å². The average Bonchev–Trinajstić information content (AvgIpc) is 2.35. The van der Waals surface area contributed by atoms with E-state index in [9.17, 15) is 15.3 Å². The van der Waals surface area contributed by atoms with Crippen LogP contribution in [0.25, 0.3) is 0 Å². The maximum absolute atomic E-state index is 9.28. The van der Waals surface area contributed by atoms with E-state index >= 15 is 0 Å². The van der Waals surface area contributed by atoms with Crippen LogP contribution in [-0.2, 0) is 0 Å². The zero-order chi connectivity index (χ0) is 13.8. The van der Waals surface area contributed by atoms with E-state index < -0.39 is 25.4 Å². The summed E-state index contributed by atoms with van der Waals surface area (Å²) in [6.45, 7) is 2.57. The summed E-state index contributed by atoms with van der Waals surface area (Å²) in [5.74, 6) is 0.822. The molecule has 0 aromatic carbocycles. The maximum Gasteiger partial charge on any atom is 0.135 e. The first-order valence-electron chi connectivity index (χ1n) is 5.71. The Morgan fingerprint density at radius 3 is 2.22 bits per heavy atom. The highest BCUT2D eigenvalue weighted by molar-refractivity contribution is 5.57. The van der Waals surface area contributed by atoms with Crippen LogP contribution in [0.2, 0.25) is 0 Å². The highest BCUT2D eigenvalue weighted by Gasteiger charge is 2.30. The van der Waals surface area contributed by atoms with Crippen LogP contribution in [0.4, 0.5) is 11.6 Å². The lowest BCUT2D eigenvalue weighted by Crippen LogP contribution is -2.49. The number of aliphatic hydroxyl groups is 3. The van der Waals surface area contributed by atoms with Crippen molar-refractivity contribution in [3.63, 3.8) is 0 Å². The van der Waals surface area contributed by atoms with Crippen molar-refractivity contribution >= 4 is 11.6 Å². The van der Waals surface area contributed by atoms with E-state index in [1.807, 2.05) is 13.8 Å². The van der Waals surface area contributed by atoms with Crippen molar-refractivity contribution in [1.29, 1.82) is 0 Å². The molecule has 7 nitrogen and oxygen atoms in total. The molecule has 1 rings (SSSR count). The lowest BCUT2D eigenvalue weighted by molar-refractivity contribution is 0.0830. The fraction of sp³-hybridized carbons (Fsp3) is 0.636. The minimum Gasteiger partial charge on any atom is -0.394 e. The topological polar surface area (TPSA) is 125 Å². The largest absolute Gasteiger partial charge is 0.394 e. The lowest BCUT2D eigenvalue weighted by Gasteiger charge is -2.30. The Morgan fingerprint density at radius 1 is 1.22 bits per heavy atom. The van der Waals surface area contributed by atoms with Crippen molar-refractivity contribution in [2.24, 2.45) is 0 Å². The summed E-state index contributed by atoms with van der Waals surface area (Å²) >= 11 is 0. The smallest absolute Gasteiger partial charge is 0.135 e. The van der Waals surface area contributed by atoms with Gasteiger partial charge >= 0.3 is 0 Å². The van der Waals surface area contributed by atoms with Gasteiger partial charge in [-0.05, 0) is 5.92 Å². The third kappa shape index (κ3) is 2.87. The molecule has 1 aromatic heterocycles. The Labute approximate surface area is 106 Å². The fourth-order valence-electron chi connectivity index (χ4n) is 1.60. The lowest BCUT2D eigenvalue weighted by atomic mass is 10.0. The molecule has 102 valence electrons. The van der Waals surface area contributed by atoms with Crippen molar-refractivity contribution in [2.75, 3.05) is 30.9 Å². The first-order chi connectivity index (χ1) is 8.49. The summed E-state index contributed by atoms with van der Waals surface area (Å²) in [6.07, 6.45) is 1.29. The van der Waals surface area contributed by atoms with Gasteiger partial charge in [-0.3, -0.25) is 0 Å². The number of rotatable bonds is 6. The normalized spacial score (nSPS) is 11.9. The maximum atomic E-state index is 9.28. The number of nitrogens with zero attached hydrogens (tertiary/aromatic N) is 2. The minimum atomic E-state index is -1.23. The summed E-state index contributed by atoms with van der Waals surface area (Å²) in [7, 11) is 0. The summed E-state index contributed by atoms with van der Waals surface area (Å²) in [6, 6.07) is 0. The van der Waals surface area contributed by atoms with Crippen LogP contribution in [-0.4, -0.2) is 50.6 Å². The Kier molecular flexibility index (Phi) is 4.83. The molecule has 0 saturated heterocycles. The molecular formula is C11H20N4O3. The van der Waals surface area contributed by atoms with Crippen LogP contribution >= 0.6 is 0 Å². The molecule has 0 fully saturated rings. The highest BCUT2D eigenvalue weighted by atomic mass is 16.3. The van der Waals surface area contributed by atoms with E-state index in [2.05, 4.69) is 15.3 Å². The van der Waals surface area contributed by atoms with Crippen LogP contribution in [0, 0.1) is 0 Å². The second-order valence-corrected chi connectivity index (χ2v) is 4.56. The quantitative estimate of drug-likeness (QED) is 0.456. The summed E-state index contributed by atoms with van der Waals surface area (Å²) in [5, 5.41) is 30.7. The van der Waals surface area contributed by atoms with Gasteiger partial charge in [0.1, 0.15) is 23.5 Å². The van der Waals surface area contributed by atoms with Crippen molar-refractivity contribution in [3.05, 3.63) is 11.9 Å². The van der Waals surface area contributed by atoms with Gasteiger partial charge in [0.05, 0.1) is 19.8 Å². The van der Waals surface area contributed by atoms with E-state index in [4.69, 9.17) is 5.73 Å². The first-order valence-corrected chi connectivity index (χ1v) is 5.71. The third-order valence-corrected chi connectivity index (χ3v) is 2.78. The molecule has 0 aliphatic heterocycles. The Balaban J connectivity index is 3.14. The second-order valence-electron chi connectivity index (χ2n) is 4.56. The third-order valence-electron chi connectivity index (χ3n) is 2.78. The highest BCUT2D eigenvalue weighted by Crippen LogP contribution is 2.28. The van der Waals surface area contributed by atoms with Crippen LogP contribution in [0.3, 0.4) is 0 Å². The van der Waals surface area contributed by atoms with Gasteiger partial charge in [-0.2, -0.15) is 0 Å². The molecule has 0 aliphatic rings. The van der Waals surface area contributed by atoms with Crippen LogP contribution in [0.1, 0.15) is 25.3 Å². The fourth-order valence-corrected chi connectivity index (χ4v) is 1.60. The van der Waals surface area contributed by atoms with Gasteiger partial charge in [-0.15, -0.1) is 0 Å². The SMILES string of the molecule is CC(C)c1c(N)ncnc1NC(CO)(CO)CO. The Bertz CT molecular complexity index is 386. The zero-order valence-electron chi connectivity index (χ0n) is 10.6. The molecule has 0 spiro atoms. The number of anilines is 2. The van der Waals surface area contributed by atoms with Gasteiger partial charge in [-0.25, -0.2) is 9.97 Å². The van der Waals surface area contributed by atoms with Gasteiger partial charge < -0.3 is 26.4 Å². The Morgan fingerprint density at radius 2 is 1.78 bits per heavy atom. The van der Waals surface area contributed by atoms with Gasteiger partial charge in [0.15, 0.2) is 0 Å². The number of nitrogen functional groups attached to an aromatic ring is 1.